The van der Waals surface area contributed by atoms with Gasteiger partial charge in [0.15, 0.2) is 4.77 Å². The smallest absolute Gasteiger partial charge is 0.275 e. The van der Waals surface area contributed by atoms with Crippen LogP contribution in [0.5, 0.6) is 0 Å². The number of nitrogens with zero attached hydrogens (tertiary/aromatic N) is 2. The van der Waals surface area contributed by atoms with Crippen molar-refractivity contribution in [2.24, 2.45) is 0 Å². The highest BCUT2D eigenvalue weighted by Crippen LogP contribution is 2.02. The number of aromatic nitrogens is 3. The molecule has 2 aromatic heterocycles. The minimum absolute atomic E-state index is 0.259. The molecule has 3 rings (SSSR count). The molecule has 0 aliphatic rings. The minimum Gasteiger partial charge on any atom is -0.337 e. The van der Waals surface area contributed by atoms with Gasteiger partial charge >= 0.3 is 0 Å². The lowest BCUT2D eigenvalue weighted by atomic mass is 10.2. The first-order valence-electron chi connectivity index (χ1n) is 6.95. The van der Waals surface area contributed by atoms with Crippen LogP contribution in [0.2, 0.25) is 0 Å². The summed E-state index contributed by atoms with van der Waals surface area (Å²) in [4.78, 5) is 22.3. The minimum atomic E-state index is -0.334. The molecule has 116 valence electrons. The molecule has 0 saturated heterocycles. The van der Waals surface area contributed by atoms with Crippen molar-refractivity contribution in [2.45, 2.75) is 6.92 Å². The van der Waals surface area contributed by atoms with E-state index in [9.17, 15) is 4.79 Å². The summed E-state index contributed by atoms with van der Waals surface area (Å²) in [6, 6.07) is 17.1. The van der Waals surface area contributed by atoms with Crippen LogP contribution in [0.1, 0.15) is 16.1 Å². The summed E-state index contributed by atoms with van der Waals surface area (Å²) in [5.74, 6) is 0.145. The van der Waals surface area contributed by atoms with Crippen LogP contribution in [0.3, 0.4) is 0 Å². The predicted octanol–water partition coefficient (Wildman–Crippen LogP) is 3.78. The lowest BCUT2D eigenvalue weighted by molar-refractivity contribution is 0.102. The number of aryl methyl sites for hydroxylation is 1. The van der Waals surface area contributed by atoms with Crippen molar-refractivity contribution in [3.8, 4) is 0 Å². The van der Waals surface area contributed by atoms with Gasteiger partial charge in [0, 0.05) is 12.4 Å². The highest BCUT2D eigenvalue weighted by atomic mass is 32.1. The van der Waals surface area contributed by atoms with Crippen molar-refractivity contribution in [2.75, 3.05) is 5.32 Å². The molecule has 1 amide bonds. The topological polar surface area (TPSA) is 70.7 Å². The molecule has 2 N–H and O–H groups in total. The van der Waals surface area contributed by atoms with E-state index >= 15 is 0 Å². The third kappa shape index (κ3) is 5.80. The van der Waals surface area contributed by atoms with E-state index < -0.39 is 0 Å². The van der Waals surface area contributed by atoms with Crippen LogP contribution >= 0.6 is 12.2 Å². The van der Waals surface area contributed by atoms with Crippen molar-refractivity contribution in [1.82, 2.24) is 15.0 Å². The van der Waals surface area contributed by atoms with Crippen LogP contribution < -0.4 is 5.32 Å². The Labute approximate surface area is 139 Å². The summed E-state index contributed by atoms with van der Waals surface area (Å²) in [6.45, 7) is 2.08. The van der Waals surface area contributed by atoms with Gasteiger partial charge in [-0.2, -0.15) is 0 Å². The molecule has 0 radical (unpaired) electrons. The predicted molar refractivity (Wildman–Crippen MR) is 92.8 cm³/mol. The average molecular weight is 324 g/mol. The largest absolute Gasteiger partial charge is 0.337 e. The third-order valence-corrected chi connectivity index (χ3v) is 2.96. The normalized spacial score (nSPS) is 9.43. The van der Waals surface area contributed by atoms with E-state index in [1.807, 2.05) is 18.2 Å². The summed E-state index contributed by atoms with van der Waals surface area (Å²) < 4.78 is 0.272. The van der Waals surface area contributed by atoms with Crippen LogP contribution in [0.4, 0.5) is 5.82 Å². The highest BCUT2D eigenvalue weighted by Gasteiger charge is 2.07. The van der Waals surface area contributed by atoms with Gasteiger partial charge in [0.25, 0.3) is 5.91 Å². The van der Waals surface area contributed by atoms with Crippen molar-refractivity contribution < 1.29 is 4.79 Å². The van der Waals surface area contributed by atoms with Crippen LogP contribution in [0.15, 0.2) is 67.0 Å². The van der Waals surface area contributed by atoms with E-state index in [1.54, 1.807) is 36.7 Å². The van der Waals surface area contributed by atoms with Gasteiger partial charge in [-0.15, -0.1) is 0 Å². The summed E-state index contributed by atoms with van der Waals surface area (Å²) in [7, 11) is 0. The van der Waals surface area contributed by atoms with Gasteiger partial charge in [-0.1, -0.05) is 42.0 Å². The molecule has 0 fully saturated rings. The maximum Gasteiger partial charge on any atom is 0.275 e. The molecule has 0 atom stereocenters. The van der Waals surface area contributed by atoms with Gasteiger partial charge < -0.3 is 10.3 Å². The number of carbonyl (C=O) groups excluding carboxylic acids is 1. The van der Waals surface area contributed by atoms with E-state index in [-0.39, 0.29) is 16.4 Å². The molecule has 0 aliphatic carbocycles. The van der Waals surface area contributed by atoms with Crippen LogP contribution in [0.25, 0.3) is 0 Å². The Morgan fingerprint density at radius 1 is 1.09 bits per heavy atom. The number of H-pyrrole nitrogens is 1. The maximum absolute atomic E-state index is 11.7. The zero-order chi connectivity index (χ0) is 16.5. The lowest BCUT2D eigenvalue weighted by Crippen LogP contribution is -2.14. The number of rotatable bonds is 2. The molecule has 23 heavy (non-hydrogen) atoms. The Morgan fingerprint density at radius 3 is 2.39 bits per heavy atom. The molecule has 5 nitrogen and oxygen atoms in total. The Hall–Kier alpha value is -2.86. The highest BCUT2D eigenvalue weighted by molar-refractivity contribution is 7.71. The number of benzene rings is 1. The fourth-order valence-electron chi connectivity index (χ4n) is 1.65. The summed E-state index contributed by atoms with van der Waals surface area (Å²) in [5, 5.41) is 2.61. The number of carbonyl (C=O) groups is 1. The Balaban J connectivity index is 0.000000229. The fourth-order valence-corrected chi connectivity index (χ4v) is 1.82. The molecule has 0 spiro atoms. The molecule has 0 unspecified atom stereocenters. The van der Waals surface area contributed by atoms with E-state index in [4.69, 9.17) is 12.2 Å². The lowest BCUT2D eigenvalue weighted by Gasteiger charge is -2.02. The fraction of sp³-hybridized carbons (Fsp3) is 0.0588. The number of nitrogens with one attached hydrogen (secondary N) is 2. The van der Waals surface area contributed by atoms with E-state index in [0.717, 1.165) is 0 Å². The monoisotopic (exact) mass is 324 g/mol. The van der Waals surface area contributed by atoms with Gasteiger partial charge in [0.05, 0.1) is 0 Å². The molecule has 3 aromatic rings. The first-order valence-corrected chi connectivity index (χ1v) is 7.36. The first kappa shape index (κ1) is 16.5. The van der Waals surface area contributed by atoms with E-state index in [1.165, 1.54) is 5.56 Å². The molecular formula is C17H16N4OS. The number of hydrogen-bond donors (Lipinski definition) is 2. The molecule has 1 aromatic carbocycles. The third-order valence-electron chi connectivity index (χ3n) is 2.75. The molecule has 2 heterocycles. The number of amides is 1. The quantitative estimate of drug-likeness (QED) is 0.704. The Bertz CT molecular complexity index is 803. The van der Waals surface area contributed by atoms with Gasteiger partial charge in [0.1, 0.15) is 11.5 Å². The zero-order valence-corrected chi connectivity index (χ0v) is 13.4. The number of anilines is 1. The molecule has 0 saturated carbocycles. The first-order chi connectivity index (χ1) is 11.1. The average Bonchev–Trinajstić information content (AvgIpc) is 2.57. The van der Waals surface area contributed by atoms with Crippen molar-refractivity contribution in [3.63, 3.8) is 0 Å². The second-order valence-corrected chi connectivity index (χ2v) is 4.99. The molecular weight excluding hydrogens is 308 g/mol. The molecule has 0 bridgehead atoms. The van der Waals surface area contributed by atoms with Crippen molar-refractivity contribution >= 4 is 23.9 Å². The summed E-state index contributed by atoms with van der Waals surface area (Å²) >= 11 is 4.82. The zero-order valence-electron chi connectivity index (χ0n) is 12.6. The summed E-state index contributed by atoms with van der Waals surface area (Å²) in [6.07, 6.45) is 3.17. The van der Waals surface area contributed by atoms with Crippen LogP contribution in [-0.2, 0) is 0 Å². The number of aromatic amines is 1. The van der Waals surface area contributed by atoms with Crippen molar-refractivity contribution in [1.29, 1.82) is 0 Å². The van der Waals surface area contributed by atoms with Crippen LogP contribution in [0, 0.1) is 11.7 Å². The number of hydrogen-bond acceptors (Lipinski definition) is 4. The second kappa shape index (κ2) is 8.55. The second-order valence-electron chi connectivity index (χ2n) is 4.60. The SMILES string of the molecule is Cc1ccccc1.O=C(Nc1ccccn1)c1cc[nH]c(=S)n1. The maximum atomic E-state index is 11.7. The Morgan fingerprint density at radius 2 is 1.83 bits per heavy atom. The van der Waals surface area contributed by atoms with Crippen LogP contribution in [-0.4, -0.2) is 20.9 Å². The van der Waals surface area contributed by atoms with Gasteiger partial charge in [-0.05, 0) is 37.3 Å². The standard InChI is InChI=1S/C10H8N4OS.C7H8/c15-9(7-4-6-12-10(16)13-7)14-8-3-1-2-5-11-8;1-7-5-3-2-4-6-7/h1-6H,(H,11,14,15)(H,12,13,16);2-6H,1H3. The van der Waals surface area contributed by atoms with Gasteiger partial charge in [-0.25, -0.2) is 9.97 Å². The summed E-state index contributed by atoms with van der Waals surface area (Å²) in [5.41, 5.74) is 1.58. The number of pyridine rings is 1. The van der Waals surface area contributed by atoms with Crippen molar-refractivity contribution in [3.05, 3.63) is 83.0 Å². The van der Waals surface area contributed by atoms with Gasteiger partial charge in [0.2, 0.25) is 0 Å². The van der Waals surface area contributed by atoms with E-state index in [2.05, 4.69) is 39.3 Å². The van der Waals surface area contributed by atoms with Gasteiger partial charge in [-0.3, -0.25) is 4.79 Å². The molecule has 6 heteroatoms. The van der Waals surface area contributed by atoms with E-state index in [0.29, 0.717) is 5.82 Å². The Kier molecular flexibility index (Phi) is 6.14. The molecule has 0 aliphatic heterocycles.